The van der Waals surface area contributed by atoms with Gasteiger partial charge in [-0.25, -0.2) is 9.97 Å². The predicted octanol–water partition coefficient (Wildman–Crippen LogP) is 12.8. The van der Waals surface area contributed by atoms with Gasteiger partial charge in [-0.1, -0.05) is 109 Å². The predicted molar refractivity (Wildman–Crippen MR) is 252 cm³/mol. The minimum Gasteiger partial charge on any atom is -0.309 e. The summed E-state index contributed by atoms with van der Waals surface area (Å²) in [4.78, 5) is 20.5. The van der Waals surface area contributed by atoms with E-state index < -0.39 is 0 Å². The number of hydrogen-bond donors (Lipinski definition) is 0. The first-order valence-corrected chi connectivity index (χ1v) is 20.8. The summed E-state index contributed by atoms with van der Waals surface area (Å²) in [5, 5.41) is 10.00. The quantitative estimate of drug-likeness (QED) is 0.178. The molecule has 62 heavy (non-hydrogen) atoms. The summed E-state index contributed by atoms with van der Waals surface area (Å²) in [5.74, 6) is 1.11. The lowest BCUT2D eigenvalue weighted by molar-refractivity contribution is 0.968. The molecule has 0 fully saturated rings. The van der Waals surface area contributed by atoms with E-state index in [1.165, 1.54) is 21.5 Å². The van der Waals surface area contributed by atoms with Gasteiger partial charge in [0.2, 0.25) is 11.9 Å². The van der Waals surface area contributed by atoms with Crippen molar-refractivity contribution in [1.29, 1.82) is 0 Å². The molecule has 0 bridgehead atoms. The van der Waals surface area contributed by atoms with Gasteiger partial charge < -0.3 is 9.13 Å². The molecular formula is C54H32N8. The highest BCUT2D eigenvalue weighted by Crippen LogP contribution is 2.41. The Morgan fingerprint density at radius 1 is 0.274 bits per heavy atom. The summed E-state index contributed by atoms with van der Waals surface area (Å²) in [7, 11) is 0. The van der Waals surface area contributed by atoms with Crippen molar-refractivity contribution in [2.24, 2.45) is 0 Å². The van der Waals surface area contributed by atoms with Crippen molar-refractivity contribution < 1.29 is 0 Å². The second-order valence-corrected chi connectivity index (χ2v) is 16.0. The van der Waals surface area contributed by atoms with Crippen molar-refractivity contribution >= 4 is 98.3 Å². The van der Waals surface area contributed by atoms with Crippen LogP contribution in [0.25, 0.3) is 122 Å². The van der Waals surface area contributed by atoms with Gasteiger partial charge in [0.05, 0.1) is 49.5 Å². The lowest BCUT2D eigenvalue weighted by Crippen LogP contribution is -2.05. The maximum absolute atomic E-state index is 5.25. The van der Waals surface area contributed by atoms with Crippen LogP contribution in [-0.2, 0) is 0 Å². The van der Waals surface area contributed by atoms with Crippen LogP contribution < -0.4 is 0 Å². The summed E-state index contributed by atoms with van der Waals surface area (Å²) in [5.41, 5.74) is 11.6. The number of fused-ring (bicyclic) bond motifs is 13. The number of nitrogens with zero attached hydrogens (tertiary/aromatic N) is 8. The Bertz CT molecular complexity index is 3890. The molecule has 6 heterocycles. The van der Waals surface area contributed by atoms with E-state index in [1.54, 1.807) is 0 Å². The fraction of sp³-hybridized carbons (Fsp3) is 0. The number of para-hydroxylation sites is 6. The molecule has 0 unspecified atom stereocenters. The summed E-state index contributed by atoms with van der Waals surface area (Å²) >= 11 is 0. The van der Waals surface area contributed by atoms with Gasteiger partial charge in [0.25, 0.3) is 0 Å². The van der Waals surface area contributed by atoms with Crippen molar-refractivity contribution in [3.05, 3.63) is 194 Å². The van der Waals surface area contributed by atoms with E-state index in [1.807, 2.05) is 12.4 Å². The molecule has 8 nitrogen and oxygen atoms in total. The molecule has 8 aromatic carbocycles. The lowest BCUT2D eigenvalue weighted by atomic mass is 10.1. The van der Waals surface area contributed by atoms with E-state index in [0.29, 0.717) is 17.5 Å². The molecule has 0 aliphatic rings. The minimum absolute atomic E-state index is 0.553. The van der Waals surface area contributed by atoms with Crippen LogP contribution in [0.15, 0.2) is 194 Å². The summed E-state index contributed by atoms with van der Waals surface area (Å²) in [6.45, 7) is 0. The monoisotopic (exact) mass is 792 g/mol. The van der Waals surface area contributed by atoms with Crippen molar-refractivity contribution in [3.63, 3.8) is 0 Å². The largest absolute Gasteiger partial charge is 0.309 e. The molecule has 8 heteroatoms. The first kappa shape index (κ1) is 33.2. The van der Waals surface area contributed by atoms with Crippen molar-refractivity contribution in [2.45, 2.75) is 0 Å². The summed E-state index contributed by atoms with van der Waals surface area (Å²) in [6.07, 6.45) is 3.69. The number of rotatable bonds is 4. The SMILES string of the molecule is c1ccc(-n2c3ccccc3c3cc4c(cc32)c2ccccc2n4-c2ncc3cnc(-n4c5ccccc5c5cc6c(cc54)c4ccccc4n6-c4ccccc4)nc3n2)cc1. The lowest BCUT2D eigenvalue weighted by Gasteiger charge is -2.10. The smallest absolute Gasteiger partial charge is 0.236 e. The van der Waals surface area contributed by atoms with Crippen molar-refractivity contribution in [2.75, 3.05) is 0 Å². The first-order chi connectivity index (χ1) is 30.8. The van der Waals surface area contributed by atoms with Crippen LogP contribution in [0.4, 0.5) is 0 Å². The third-order valence-electron chi connectivity index (χ3n) is 12.7. The average Bonchev–Trinajstić information content (AvgIpc) is 4.05. The van der Waals surface area contributed by atoms with Crippen molar-refractivity contribution in [1.82, 2.24) is 38.2 Å². The number of benzene rings is 8. The highest BCUT2D eigenvalue weighted by Gasteiger charge is 2.22. The van der Waals surface area contributed by atoms with Gasteiger partial charge in [0, 0.05) is 66.9 Å². The van der Waals surface area contributed by atoms with E-state index in [-0.39, 0.29) is 0 Å². The molecule has 0 radical (unpaired) electrons. The molecule has 288 valence electrons. The first-order valence-electron chi connectivity index (χ1n) is 20.8. The molecule has 14 rings (SSSR count). The second-order valence-electron chi connectivity index (χ2n) is 16.0. The Morgan fingerprint density at radius 2 is 0.581 bits per heavy atom. The Labute approximate surface area is 352 Å². The maximum atomic E-state index is 5.25. The Balaban J connectivity index is 0.999. The molecule has 0 saturated heterocycles. The van der Waals surface area contributed by atoms with Gasteiger partial charge in [-0.2, -0.15) is 9.97 Å². The molecule has 0 atom stereocenters. The third kappa shape index (κ3) is 4.55. The normalized spacial score (nSPS) is 12.2. The van der Waals surface area contributed by atoms with Gasteiger partial charge in [0.15, 0.2) is 5.65 Å². The van der Waals surface area contributed by atoms with Gasteiger partial charge in [-0.3, -0.25) is 9.13 Å². The third-order valence-corrected chi connectivity index (χ3v) is 12.7. The van der Waals surface area contributed by atoms with Crippen LogP contribution in [0.5, 0.6) is 0 Å². The Morgan fingerprint density at radius 3 is 0.952 bits per heavy atom. The van der Waals surface area contributed by atoms with E-state index in [2.05, 4.69) is 200 Å². The maximum Gasteiger partial charge on any atom is 0.236 e. The van der Waals surface area contributed by atoms with E-state index >= 15 is 0 Å². The fourth-order valence-electron chi connectivity index (χ4n) is 10.0. The Hall–Kier alpha value is -8.62. The van der Waals surface area contributed by atoms with Crippen LogP contribution in [0.3, 0.4) is 0 Å². The average molecular weight is 793 g/mol. The number of hydrogen-bond acceptors (Lipinski definition) is 4. The fourth-order valence-corrected chi connectivity index (χ4v) is 10.0. The van der Waals surface area contributed by atoms with Gasteiger partial charge >= 0.3 is 0 Å². The topological polar surface area (TPSA) is 71.3 Å². The summed E-state index contributed by atoms with van der Waals surface area (Å²) in [6, 6.07) is 64.7. The van der Waals surface area contributed by atoms with Crippen LogP contribution in [-0.4, -0.2) is 38.2 Å². The van der Waals surface area contributed by atoms with E-state index in [9.17, 15) is 0 Å². The zero-order valence-electron chi connectivity index (χ0n) is 33.1. The molecule has 0 N–H and O–H groups in total. The van der Waals surface area contributed by atoms with Gasteiger partial charge in [0.1, 0.15) is 0 Å². The molecular weight excluding hydrogens is 761 g/mol. The molecule has 0 saturated carbocycles. The van der Waals surface area contributed by atoms with Gasteiger partial charge in [-0.05, 0) is 72.8 Å². The Kier molecular flexibility index (Phi) is 6.68. The second kappa shape index (κ2) is 12.5. The van der Waals surface area contributed by atoms with Crippen LogP contribution in [0.1, 0.15) is 0 Å². The molecule has 0 spiro atoms. The molecule has 0 aliphatic heterocycles. The van der Waals surface area contributed by atoms with Crippen LogP contribution in [0.2, 0.25) is 0 Å². The zero-order valence-corrected chi connectivity index (χ0v) is 33.1. The molecule has 6 aromatic heterocycles. The highest BCUT2D eigenvalue weighted by molar-refractivity contribution is 6.20. The zero-order chi connectivity index (χ0) is 40.5. The molecule has 0 amide bonds. The van der Waals surface area contributed by atoms with Gasteiger partial charge in [-0.15, -0.1) is 0 Å². The summed E-state index contributed by atoms with van der Waals surface area (Å²) < 4.78 is 9.09. The minimum atomic E-state index is 0.553. The van der Waals surface area contributed by atoms with E-state index in [0.717, 1.165) is 82.4 Å². The number of aromatic nitrogens is 8. The van der Waals surface area contributed by atoms with Crippen LogP contribution >= 0.6 is 0 Å². The standard InChI is InChI=1S/C54H32N8/c1-3-15-34(16-4-1)59-44-23-11-7-19-36(44)40-29-50-42(27-48(40)59)38-21-9-13-25-46(38)61(50)53-55-31-33-32-56-54(58-52(33)57-53)62-47-26-14-10-22-39(47)43-28-49-41(30-51(43)62)37-20-8-12-24-45(37)60(49)35-17-5-2-6-18-35/h1-32H. The van der Waals surface area contributed by atoms with E-state index in [4.69, 9.17) is 19.9 Å². The van der Waals surface area contributed by atoms with Crippen molar-refractivity contribution in [3.8, 4) is 23.3 Å². The molecule has 0 aliphatic carbocycles. The highest BCUT2D eigenvalue weighted by atomic mass is 15.2. The molecule has 14 aromatic rings. The van der Waals surface area contributed by atoms with Crippen LogP contribution in [0, 0.1) is 0 Å².